The third-order valence-electron chi connectivity index (χ3n) is 4.75. The van der Waals surface area contributed by atoms with Crippen LogP contribution in [0.5, 0.6) is 5.75 Å². The highest BCUT2D eigenvalue weighted by molar-refractivity contribution is 7.15. The summed E-state index contributed by atoms with van der Waals surface area (Å²) in [4.78, 5) is 17.5. The average molecular weight is 369 g/mol. The maximum absolute atomic E-state index is 12.1. The van der Waals surface area contributed by atoms with E-state index >= 15 is 0 Å². The number of amides is 1. The molecule has 5 nitrogen and oxygen atoms in total. The molecular weight excluding hydrogens is 346 g/mol. The number of carbonyl (C=O) groups excluding carboxylic acids is 1. The van der Waals surface area contributed by atoms with Gasteiger partial charge in [0.25, 0.3) is 0 Å². The Morgan fingerprint density at radius 2 is 2.04 bits per heavy atom. The van der Waals surface area contributed by atoms with Gasteiger partial charge in [-0.05, 0) is 43.4 Å². The molecule has 0 unspecified atom stereocenters. The van der Waals surface area contributed by atoms with Crippen LogP contribution in [0.1, 0.15) is 43.4 Å². The molecule has 0 bridgehead atoms. The summed E-state index contributed by atoms with van der Waals surface area (Å²) < 4.78 is 7.98. The lowest BCUT2D eigenvalue weighted by Gasteiger charge is -2.23. The monoisotopic (exact) mass is 369 g/mol. The Kier molecular flexibility index (Phi) is 5.20. The topological polar surface area (TPSA) is 55.6 Å². The number of imidazole rings is 1. The molecule has 2 heterocycles. The van der Waals surface area contributed by atoms with Crippen molar-refractivity contribution in [3.8, 4) is 5.75 Å². The molecule has 1 fully saturated rings. The standard InChI is InChI=1S/C20H23N3O2S/c24-19(12-16-14-23-10-11-26-20(23)22-16)21-13-15-6-8-18(9-7-15)25-17-4-2-1-3-5-17/h6-11,14,17H,1-5,12-13H2,(H,21,24). The lowest BCUT2D eigenvalue weighted by molar-refractivity contribution is -0.120. The summed E-state index contributed by atoms with van der Waals surface area (Å²) in [6, 6.07) is 8.04. The van der Waals surface area contributed by atoms with Gasteiger partial charge in [0.15, 0.2) is 4.96 Å². The Morgan fingerprint density at radius 1 is 1.23 bits per heavy atom. The van der Waals surface area contributed by atoms with Crippen molar-refractivity contribution in [1.82, 2.24) is 14.7 Å². The Bertz CT molecular complexity index is 834. The van der Waals surface area contributed by atoms with Crippen LogP contribution >= 0.6 is 11.3 Å². The fourth-order valence-electron chi connectivity index (χ4n) is 3.35. The Hall–Kier alpha value is -2.34. The van der Waals surface area contributed by atoms with Crippen molar-refractivity contribution in [3.63, 3.8) is 0 Å². The van der Waals surface area contributed by atoms with Crippen LogP contribution in [0.4, 0.5) is 0 Å². The van der Waals surface area contributed by atoms with E-state index in [0.29, 0.717) is 19.1 Å². The van der Waals surface area contributed by atoms with Gasteiger partial charge >= 0.3 is 0 Å². The molecule has 0 aliphatic heterocycles. The summed E-state index contributed by atoms with van der Waals surface area (Å²) in [5.74, 6) is 0.906. The molecule has 0 atom stereocenters. The van der Waals surface area contributed by atoms with Crippen molar-refractivity contribution in [2.45, 2.75) is 51.2 Å². The minimum absolute atomic E-state index is 0.0155. The summed E-state index contributed by atoms with van der Waals surface area (Å²) in [5, 5.41) is 4.94. The van der Waals surface area contributed by atoms with E-state index in [2.05, 4.69) is 10.3 Å². The SMILES string of the molecule is O=C(Cc1cn2ccsc2n1)NCc1ccc(OC2CCCCC2)cc1. The first-order chi connectivity index (χ1) is 12.8. The quantitative estimate of drug-likeness (QED) is 0.715. The Morgan fingerprint density at radius 3 is 2.81 bits per heavy atom. The van der Waals surface area contributed by atoms with Gasteiger partial charge < -0.3 is 10.1 Å². The van der Waals surface area contributed by atoms with E-state index < -0.39 is 0 Å². The van der Waals surface area contributed by atoms with E-state index in [1.807, 2.05) is 46.4 Å². The third-order valence-corrected chi connectivity index (χ3v) is 5.52. The van der Waals surface area contributed by atoms with E-state index in [4.69, 9.17) is 4.74 Å². The number of ether oxygens (including phenoxy) is 1. The van der Waals surface area contributed by atoms with Crippen molar-refractivity contribution in [2.75, 3.05) is 0 Å². The van der Waals surface area contributed by atoms with Gasteiger partial charge in [-0.3, -0.25) is 9.20 Å². The summed E-state index contributed by atoms with van der Waals surface area (Å²) >= 11 is 1.57. The Balaban J connectivity index is 1.25. The summed E-state index contributed by atoms with van der Waals surface area (Å²) in [6.45, 7) is 0.519. The predicted molar refractivity (Wildman–Crippen MR) is 103 cm³/mol. The van der Waals surface area contributed by atoms with E-state index in [-0.39, 0.29) is 5.91 Å². The van der Waals surface area contributed by atoms with Gasteiger partial charge in [-0.1, -0.05) is 18.6 Å². The van der Waals surface area contributed by atoms with Gasteiger partial charge in [-0.15, -0.1) is 11.3 Å². The molecule has 136 valence electrons. The predicted octanol–water partition coefficient (Wildman–Crippen LogP) is 3.97. The molecule has 26 heavy (non-hydrogen) atoms. The molecule has 1 aliphatic carbocycles. The number of aromatic nitrogens is 2. The van der Waals surface area contributed by atoms with Crippen molar-refractivity contribution in [2.24, 2.45) is 0 Å². The third kappa shape index (κ3) is 4.25. The molecule has 1 N–H and O–H groups in total. The molecule has 0 saturated heterocycles. The minimum atomic E-state index is -0.0155. The van der Waals surface area contributed by atoms with Gasteiger partial charge in [-0.2, -0.15) is 0 Å². The van der Waals surface area contributed by atoms with Gasteiger partial charge in [0.1, 0.15) is 5.75 Å². The van der Waals surface area contributed by atoms with Crippen LogP contribution in [0, 0.1) is 0 Å². The summed E-state index contributed by atoms with van der Waals surface area (Å²) in [6.07, 6.45) is 10.7. The molecule has 1 aliphatic rings. The zero-order valence-electron chi connectivity index (χ0n) is 14.7. The number of benzene rings is 1. The summed E-state index contributed by atoms with van der Waals surface area (Å²) in [7, 11) is 0. The first kappa shape index (κ1) is 17.1. The van der Waals surface area contributed by atoms with Crippen molar-refractivity contribution < 1.29 is 9.53 Å². The Labute approximate surface area is 157 Å². The molecular formula is C20H23N3O2S. The van der Waals surface area contributed by atoms with Crippen LogP contribution in [0.2, 0.25) is 0 Å². The summed E-state index contributed by atoms with van der Waals surface area (Å²) in [5.41, 5.74) is 1.87. The zero-order valence-corrected chi connectivity index (χ0v) is 15.5. The maximum Gasteiger partial charge on any atom is 0.226 e. The number of nitrogens with one attached hydrogen (secondary N) is 1. The lowest BCUT2D eigenvalue weighted by atomic mass is 9.98. The second-order valence-corrected chi connectivity index (χ2v) is 7.67. The van der Waals surface area contributed by atoms with Crippen LogP contribution in [0.25, 0.3) is 4.96 Å². The van der Waals surface area contributed by atoms with Crippen molar-refractivity contribution in [1.29, 1.82) is 0 Å². The largest absolute Gasteiger partial charge is 0.490 e. The van der Waals surface area contributed by atoms with Crippen molar-refractivity contribution >= 4 is 22.2 Å². The molecule has 6 heteroatoms. The van der Waals surface area contributed by atoms with Crippen LogP contribution in [-0.2, 0) is 17.8 Å². The fraction of sp³-hybridized carbons (Fsp3) is 0.400. The van der Waals surface area contributed by atoms with E-state index in [0.717, 1.165) is 34.8 Å². The fourth-order valence-corrected chi connectivity index (χ4v) is 4.07. The molecule has 1 amide bonds. The van der Waals surface area contributed by atoms with Crippen LogP contribution in [0.3, 0.4) is 0 Å². The highest BCUT2D eigenvalue weighted by Crippen LogP contribution is 2.23. The first-order valence-electron chi connectivity index (χ1n) is 9.20. The number of nitrogens with zero attached hydrogens (tertiary/aromatic N) is 2. The number of thiazole rings is 1. The second kappa shape index (κ2) is 7.91. The van der Waals surface area contributed by atoms with E-state index in [9.17, 15) is 4.79 Å². The highest BCUT2D eigenvalue weighted by atomic mass is 32.1. The molecule has 0 spiro atoms. The first-order valence-corrected chi connectivity index (χ1v) is 10.1. The number of fused-ring (bicyclic) bond motifs is 1. The molecule has 2 aromatic heterocycles. The van der Waals surface area contributed by atoms with Gasteiger partial charge in [0.05, 0.1) is 18.2 Å². The number of rotatable bonds is 6. The maximum atomic E-state index is 12.1. The average Bonchev–Trinajstić information content (AvgIpc) is 3.23. The number of hydrogen-bond acceptors (Lipinski definition) is 4. The highest BCUT2D eigenvalue weighted by Gasteiger charge is 2.14. The van der Waals surface area contributed by atoms with Gasteiger partial charge in [0, 0.05) is 24.3 Å². The smallest absolute Gasteiger partial charge is 0.226 e. The molecule has 0 radical (unpaired) electrons. The molecule has 3 aromatic rings. The number of hydrogen-bond donors (Lipinski definition) is 1. The van der Waals surface area contributed by atoms with Gasteiger partial charge in [-0.25, -0.2) is 4.98 Å². The van der Waals surface area contributed by atoms with Gasteiger partial charge in [0.2, 0.25) is 5.91 Å². The van der Waals surface area contributed by atoms with E-state index in [1.165, 1.54) is 19.3 Å². The minimum Gasteiger partial charge on any atom is -0.490 e. The molecule has 1 aromatic carbocycles. The zero-order chi connectivity index (χ0) is 17.8. The second-order valence-electron chi connectivity index (χ2n) is 6.80. The normalized spacial score (nSPS) is 15.2. The van der Waals surface area contributed by atoms with Crippen molar-refractivity contribution in [3.05, 3.63) is 53.3 Å². The molecule has 4 rings (SSSR count). The van der Waals surface area contributed by atoms with Crippen LogP contribution in [0.15, 0.2) is 42.0 Å². The van der Waals surface area contributed by atoms with Crippen LogP contribution < -0.4 is 10.1 Å². The van der Waals surface area contributed by atoms with E-state index in [1.54, 1.807) is 11.3 Å². The lowest BCUT2D eigenvalue weighted by Crippen LogP contribution is -2.24. The number of carbonyl (C=O) groups is 1. The molecule has 1 saturated carbocycles. The van der Waals surface area contributed by atoms with Crippen LogP contribution in [-0.4, -0.2) is 21.4 Å².